The number of hydrogen-bond acceptors (Lipinski definition) is 3. The number of morpholine rings is 1. The van der Waals surface area contributed by atoms with Crippen molar-refractivity contribution in [2.75, 3.05) is 32.8 Å². The van der Waals surface area contributed by atoms with Crippen molar-refractivity contribution in [2.45, 2.75) is 20.0 Å². The van der Waals surface area contributed by atoms with E-state index in [4.69, 9.17) is 4.74 Å². The van der Waals surface area contributed by atoms with Gasteiger partial charge in [-0.15, -0.1) is 0 Å². The quantitative estimate of drug-likeness (QED) is 0.883. The van der Waals surface area contributed by atoms with E-state index in [1.54, 1.807) is 0 Å². The fourth-order valence-electron chi connectivity index (χ4n) is 2.53. The highest BCUT2D eigenvalue weighted by Crippen LogP contribution is 2.15. The van der Waals surface area contributed by atoms with Gasteiger partial charge in [-0.1, -0.05) is 26.0 Å². The molecule has 0 radical (unpaired) electrons. The number of carbonyl (C=O) groups is 1. The van der Waals surface area contributed by atoms with E-state index in [0.29, 0.717) is 18.0 Å². The van der Waals surface area contributed by atoms with E-state index in [0.717, 1.165) is 30.7 Å². The number of benzene rings is 1. The maximum atomic E-state index is 12.2. The van der Waals surface area contributed by atoms with Crippen LogP contribution in [0.25, 0.3) is 0 Å². The molecule has 1 amide bonds. The van der Waals surface area contributed by atoms with Gasteiger partial charge in [0.15, 0.2) is 0 Å². The first-order chi connectivity index (χ1) is 10.1. The van der Waals surface area contributed by atoms with Crippen LogP contribution < -0.4 is 5.32 Å². The third kappa shape index (κ3) is 5.09. The summed E-state index contributed by atoms with van der Waals surface area (Å²) in [6, 6.07) is 7.44. The predicted molar refractivity (Wildman–Crippen MR) is 87.5 cm³/mol. The average molecular weight is 355 g/mol. The van der Waals surface area contributed by atoms with E-state index in [-0.39, 0.29) is 12.0 Å². The normalized spacial score (nSPS) is 19.7. The molecule has 0 spiro atoms. The monoisotopic (exact) mass is 354 g/mol. The van der Waals surface area contributed by atoms with E-state index >= 15 is 0 Å². The average Bonchev–Trinajstić information content (AvgIpc) is 2.45. The molecule has 5 heteroatoms. The summed E-state index contributed by atoms with van der Waals surface area (Å²) < 4.78 is 6.55. The molecule has 1 aromatic rings. The molecular formula is C16H23BrN2O2. The number of hydrogen-bond donors (Lipinski definition) is 1. The lowest BCUT2D eigenvalue weighted by Crippen LogP contribution is -2.48. The molecule has 1 N–H and O–H groups in total. The first-order valence-electron chi connectivity index (χ1n) is 7.43. The van der Waals surface area contributed by atoms with Crippen molar-refractivity contribution in [1.29, 1.82) is 0 Å². The predicted octanol–water partition coefficient (Wildman–Crippen LogP) is 2.54. The highest BCUT2D eigenvalue weighted by Gasteiger charge is 2.21. The Hall–Kier alpha value is -0.910. The smallest absolute Gasteiger partial charge is 0.252 e. The number of rotatable bonds is 5. The van der Waals surface area contributed by atoms with Gasteiger partial charge in [-0.2, -0.15) is 0 Å². The van der Waals surface area contributed by atoms with Crippen LogP contribution in [0.15, 0.2) is 28.7 Å². The third-order valence-electron chi connectivity index (χ3n) is 3.46. The summed E-state index contributed by atoms with van der Waals surface area (Å²) in [7, 11) is 0. The van der Waals surface area contributed by atoms with Crippen LogP contribution in [-0.2, 0) is 4.74 Å². The summed E-state index contributed by atoms with van der Waals surface area (Å²) in [4.78, 5) is 14.6. The second-order valence-corrected chi connectivity index (χ2v) is 6.69. The molecule has 0 aliphatic carbocycles. The van der Waals surface area contributed by atoms with Crippen LogP contribution in [-0.4, -0.2) is 49.7 Å². The van der Waals surface area contributed by atoms with Gasteiger partial charge in [0.2, 0.25) is 0 Å². The van der Waals surface area contributed by atoms with Gasteiger partial charge in [0, 0.05) is 30.7 Å². The van der Waals surface area contributed by atoms with E-state index in [1.165, 1.54) is 0 Å². The van der Waals surface area contributed by atoms with Crippen molar-refractivity contribution in [2.24, 2.45) is 5.92 Å². The van der Waals surface area contributed by atoms with Crippen molar-refractivity contribution >= 4 is 21.8 Å². The molecular weight excluding hydrogens is 332 g/mol. The molecule has 0 unspecified atom stereocenters. The van der Waals surface area contributed by atoms with Crippen LogP contribution >= 0.6 is 15.9 Å². The second kappa shape index (κ2) is 7.92. The Balaban J connectivity index is 1.82. The van der Waals surface area contributed by atoms with E-state index in [9.17, 15) is 4.79 Å². The fourth-order valence-corrected chi connectivity index (χ4v) is 3.00. The van der Waals surface area contributed by atoms with Gasteiger partial charge in [-0.05, 0) is 34.0 Å². The summed E-state index contributed by atoms with van der Waals surface area (Å²) in [6.45, 7) is 8.68. The number of ether oxygens (including phenoxy) is 1. The van der Waals surface area contributed by atoms with Gasteiger partial charge in [0.1, 0.15) is 0 Å². The van der Waals surface area contributed by atoms with Gasteiger partial charge in [0.25, 0.3) is 5.91 Å². The Morgan fingerprint density at radius 1 is 1.48 bits per heavy atom. The maximum Gasteiger partial charge on any atom is 0.252 e. The van der Waals surface area contributed by atoms with Gasteiger partial charge < -0.3 is 10.1 Å². The SMILES string of the molecule is CC(C)CN1CCO[C@@H](CNC(=O)c2ccccc2Br)C1. The number of nitrogens with zero attached hydrogens (tertiary/aromatic N) is 1. The summed E-state index contributed by atoms with van der Waals surface area (Å²) in [5.74, 6) is 0.589. The summed E-state index contributed by atoms with van der Waals surface area (Å²) in [6.07, 6.45) is 0.0731. The Labute approximate surface area is 135 Å². The molecule has 1 aliphatic heterocycles. The minimum absolute atomic E-state index is 0.0629. The first-order valence-corrected chi connectivity index (χ1v) is 8.22. The number of carbonyl (C=O) groups excluding carboxylic acids is 1. The molecule has 2 rings (SSSR count). The summed E-state index contributed by atoms with van der Waals surface area (Å²) in [5.41, 5.74) is 0.660. The molecule has 0 bridgehead atoms. The molecule has 1 saturated heterocycles. The van der Waals surface area contributed by atoms with Crippen LogP contribution in [0.1, 0.15) is 24.2 Å². The molecule has 1 atom stereocenters. The molecule has 4 nitrogen and oxygen atoms in total. The number of halogens is 1. The highest BCUT2D eigenvalue weighted by atomic mass is 79.9. The molecule has 1 heterocycles. The van der Waals surface area contributed by atoms with E-state index in [1.807, 2.05) is 24.3 Å². The van der Waals surface area contributed by atoms with Crippen LogP contribution in [0.4, 0.5) is 0 Å². The Morgan fingerprint density at radius 3 is 2.95 bits per heavy atom. The van der Waals surface area contributed by atoms with Crippen molar-refractivity contribution in [1.82, 2.24) is 10.2 Å². The lowest BCUT2D eigenvalue weighted by atomic mass is 10.1. The van der Waals surface area contributed by atoms with Crippen molar-refractivity contribution in [3.63, 3.8) is 0 Å². The van der Waals surface area contributed by atoms with Gasteiger partial charge >= 0.3 is 0 Å². The summed E-state index contributed by atoms with van der Waals surface area (Å²) >= 11 is 3.40. The lowest BCUT2D eigenvalue weighted by molar-refractivity contribution is -0.0295. The maximum absolute atomic E-state index is 12.2. The standard InChI is InChI=1S/C16H23BrN2O2/c1-12(2)10-19-7-8-21-13(11-19)9-18-16(20)14-5-3-4-6-15(14)17/h3-6,12-13H,7-11H2,1-2H3,(H,18,20)/t13-/m0/s1. The number of amides is 1. The van der Waals surface area contributed by atoms with Gasteiger partial charge in [-0.25, -0.2) is 0 Å². The largest absolute Gasteiger partial charge is 0.374 e. The molecule has 1 aliphatic rings. The minimum Gasteiger partial charge on any atom is -0.374 e. The zero-order valence-electron chi connectivity index (χ0n) is 12.6. The van der Waals surface area contributed by atoms with Crippen LogP contribution in [0.3, 0.4) is 0 Å². The molecule has 0 aromatic heterocycles. The zero-order chi connectivity index (χ0) is 15.2. The molecule has 116 valence electrons. The number of nitrogens with one attached hydrogen (secondary N) is 1. The minimum atomic E-state index is -0.0629. The van der Waals surface area contributed by atoms with Crippen LogP contribution in [0.2, 0.25) is 0 Å². The third-order valence-corrected chi connectivity index (χ3v) is 4.15. The fraction of sp³-hybridized carbons (Fsp3) is 0.562. The van der Waals surface area contributed by atoms with Gasteiger partial charge in [0.05, 0.1) is 18.3 Å². The van der Waals surface area contributed by atoms with Crippen molar-refractivity contribution < 1.29 is 9.53 Å². The molecule has 1 fully saturated rings. The first kappa shape index (κ1) is 16.5. The Morgan fingerprint density at radius 2 is 2.24 bits per heavy atom. The molecule has 0 saturated carbocycles. The molecule has 21 heavy (non-hydrogen) atoms. The topological polar surface area (TPSA) is 41.6 Å². The van der Waals surface area contributed by atoms with Crippen molar-refractivity contribution in [3.8, 4) is 0 Å². The Bertz CT molecular complexity index is 479. The Kier molecular flexibility index (Phi) is 6.21. The second-order valence-electron chi connectivity index (χ2n) is 5.84. The van der Waals surface area contributed by atoms with E-state index < -0.39 is 0 Å². The van der Waals surface area contributed by atoms with Crippen LogP contribution in [0, 0.1) is 5.92 Å². The van der Waals surface area contributed by atoms with Crippen molar-refractivity contribution in [3.05, 3.63) is 34.3 Å². The molecule has 1 aromatic carbocycles. The highest BCUT2D eigenvalue weighted by molar-refractivity contribution is 9.10. The summed E-state index contributed by atoms with van der Waals surface area (Å²) in [5, 5.41) is 2.96. The van der Waals surface area contributed by atoms with E-state index in [2.05, 4.69) is 40.0 Å². The lowest BCUT2D eigenvalue weighted by Gasteiger charge is -2.34. The van der Waals surface area contributed by atoms with Gasteiger partial charge in [-0.3, -0.25) is 9.69 Å². The zero-order valence-corrected chi connectivity index (χ0v) is 14.2. The van der Waals surface area contributed by atoms with Crippen LogP contribution in [0.5, 0.6) is 0 Å².